The number of phosphoric ester groups is 1. The van der Waals surface area contributed by atoms with E-state index in [2.05, 4.69) is 29.9 Å². The van der Waals surface area contributed by atoms with Gasteiger partial charge in [-0.25, -0.2) is 34.5 Å². The summed E-state index contributed by atoms with van der Waals surface area (Å²) in [6.45, 7) is -0.767. The molecule has 4 bridgehead atoms. The van der Waals surface area contributed by atoms with Crippen molar-refractivity contribution < 1.29 is 56.9 Å². The number of hydrogen-bond donors (Lipinski definition) is 6. The fourth-order valence-corrected chi connectivity index (χ4v) is 7.08. The van der Waals surface area contributed by atoms with Gasteiger partial charge in [0.1, 0.15) is 54.2 Å². The number of aliphatic hydroxyl groups is 2. The van der Waals surface area contributed by atoms with Crippen LogP contribution in [-0.4, -0.2) is 109 Å². The highest BCUT2D eigenvalue weighted by Gasteiger charge is 2.54. The SMILES string of the molecule is Nc1ncnc2c1ncn2[C@@H]1O[C@@H]2OCP(=O)(O)O[C@H]3C(O)[C@@H](COP(=O)(O)O[C@H]1C2O)O[C@H]3n1cnc2c(N)ncnc21. The van der Waals surface area contributed by atoms with Crippen molar-refractivity contribution in [3.63, 3.8) is 0 Å². The number of ether oxygens (including phenoxy) is 3. The molecule has 0 spiro atoms. The maximum atomic E-state index is 13.2. The van der Waals surface area contributed by atoms with Gasteiger partial charge < -0.3 is 45.7 Å². The lowest BCUT2D eigenvalue weighted by Gasteiger charge is -2.26. The first-order valence-electron chi connectivity index (χ1n) is 12.7. The third-order valence-electron chi connectivity index (χ3n) is 7.15. The van der Waals surface area contributed by atoms with Crippen LogP contribution in [0, 0.1) is 0 Å². The first-order valence-corrected chi connectivity index (χ1v) is 16.0. The summed E-state index contributed by atoms with van der Waals surface area (Å²) in [5, 5.41) is 22.1. The Kier molecular flexibility index (Phi) is 7.16. The van der Waals surface area contributed by atoms with Crippen LogP contribution in [0.25, 0.3) is 22.3 Å². The Hall–Kier alpha value is -3.24. The van der Waals surface area contributed by atoms with E-state index in [1.165, 1.54) is 21.8 Å². The van der Waals surface area contributed by atoms with Crippen molar-refractivity contribution >= 4 is 49.4 Å². The van der Waals surface area contributed by atoms with Crippen molar-refractivity contribution in [2.24, 2.45) is 0 Å². The predicted molar refractivity (Wildman–Crippen MR) is 141 cm³/mol. The molecule has 4 aromatic rings. The van der Waals surface area contributed by atoms with E-state index >= 15 is 0 Å². The molecule has 0 radical (unpaired) electrons. The molecular formula is C20H24N10O12P2. The monoisotopic (exact) mass is 658 g/mol. The quantitative estimate of drug-likeness (QED) is 0.132. The van der Waals surface area contributed by atoms with Gasteiger partial charge in [0.25, 0.3) is 0 Å². The molecule has 0 aliphatic carbocycles. The molecule has 3 fully saturated rings. The molecule has 8 N–H and O–H groups in total. The molecular weight excluding hydrogens is 634 g/mol. The Labute approximate surface area is 244 Å². The van der Waals surface area contributed by atoms with Gasteiger partial charge >= 0.3 is 15.4 Å². The highest BCUT2D eigenvalue weighted by atomic mass is 31.2. The van der Waals surface area contributed by atoms with E-state index in [1.807, 2.05) is 0 Å². The third kappa shape index (κ3) is 5.04. The van der Waals surface area contributed by atoms with Gasteiger partial charge in [-0.1, -0.05) is 0 Å². The fourth-order valence-electron chi connectivity index (χ4n) is 5.14. The Bertz CT molecular complexity index is 1690. The second-order valence-corrected chi connectivity index (χ2v) is 13.1. The van der Waals surface area contributed by atoms with E-state index in [4.69, 9.17) is 39.2 Å². The molecule has 44 heavy (non-hydrogen) atoms. The van der Waals surface area contributed by atoms with Crippen LogP contribution in [0.4, 0.5) is 11.6 Å². The number of phosphoric acid groups is 1. The molecule has 3 aliphatic rings. The molecule has 7 heterocycles. The van der Waals surface area contributed by atoms with Gasteiger partial charge in [-0.2, -0.15) is 0 Å². The topological polar surface area (TPSA) is 310 Å². The normalized spacial score (nSPS) is 38.3. The molecule has 24 heteroatoms. The van der Waals surface area contributed by atoms with Gasteiger partial charge in [-0.15, -0.1) is 0 Å². The van der Waals surface area contributed by atoms with Crippen LogP contribution < -0.4 is 11.5 Å². The number of fused-ring (bicyclic) bond motifs is 6. The number of nitrogens with two attached hydrogens (primary N) is 2. The molecule has 236 valence electrons. The van der Waals surface area contributed by atoms with Crippen LogP contribution in [0.3, 0.4) is 0 Å². The smallest absolute Gasteiger partial charge is 0.387 e. The Morgan fingerprint density at radius 2 is 1.36 bits per heavy atom. The number of nitrogen functional groups attached to an aromatic ring is 2. The van der Waals surface area contributed by atoms with E-state index < -0.39 is 77.6 Å². The van der Waals surface area contributed by atoms with E-state index in [1.54, 1.807) is 0 Å². The largest absolute Gasteiger partial charge is 0.472 e. The summed E-state index contributed by atoms with van der Waals surface area (Å²) < 4.78 is 61.8. The fraction of sp³-hybridized carbons (Fsp3) is 0.500. The van der Waals surface area contributed by atoms with Gasteiger partial charge in [0.2, 0.25) is 0 Å². The molecule has 0 amide bonds. The average molecular weight is 658 g/mol. The molecule has 0 saturated carbocycles. The summed E-state index contributed by atoms with van der Waals surface area (Å²) in [7, 11) is -9.80. The molecule has 0 aromatic carbocycles. The number of aromatic nitrogens is 8. The standard InChI is InChI=1S/C20H24N10O12P2/c21-14-8-16(25-2-23-14)29(4-27-8)18-12-10(31)7(39-18)1-38-44(35,36)42-13-11(32)20(37-6-43(33,34)41-12)40-19(13)30-5-28-9-15(22)24-3-26-17(9)30/h2-5,7,10-13,18-20,31-32H,1,6H2,(H,33,34)(H,35,36)(H2,21,23,25)(H2,22,24,26)/t7-,10?,11?,12+,13+,18-,19-,20+/m1/s1. The van der Waals surface area contributed by atoms with E-state index in [-0.39, 0.29) is 34.0 Å². The van der Waals surface area contributed by atoms with E-state index in [0.717, 1.165) is 12.7 Å². The van der Waals surface area contributed by atoms with Crippen molar-refractivity contribution in [2.45, 2.75) is 49.3 Å². The molecule has 4 aromatic heterocycles. The molecule has 4 unspecified atom stereocenters. The number of hydrogen-bond acceptors (Lipinski definition) is 18. The van der Waals surface area contributed by atoms with Crippen molar-refractivity contribution in [3.05, 3.63) is 25.3 Å². The van der Waals surface area contributed by atoms with Crippen LogP contribution in [0.5, 0.6) is 0 Å². The second-order valence-electron chi connectivity index (χ2n) is 9.94. The first-order chi connectivity index (χ1) is 20.9. The van der Waals surface area contributed by atoms with Gasteiger partial charge in [0.15, 0.2) is 48.0 Å². The minimum Gasteiger partial charge on any atom is -0.387 e. The molecule has 7 rings (SSSR count). The van der Waals surface area contributed by atoms with E-state index in [0.29, 0.717) is 0 Å². The Balaban J connectivity index is 1.22. The molecule has 22 nitrogen and oxygen atoms in total. The minimum absolute atomic E-state index is 0.0250. The van der Waals surface area contributed by atoms with Crippen LogP contribution in [0.2, 0.25) is 0 Å². The van der Waals surface area contributed by atoms with Gasteiger partial charge in [-0.3, -0.25) is 27.3 Å². The van der Waals surface area contributed by atoms with Gasteiger partial charge in [0.05, 0.1) is 19.3 Å². The number of nitrogens with zero attached hydrogens (tertiary/aromatic N) is 8. The van der Waals surface area contributed by atoms with Crippen LogP contribution >= 0.6 is 15.4 Å². The average Bonchev–Trinajstić information content (AvgIpc) is 3.73. The van der Waals surface area contributed by atoms with Crippen LogP contribution in [-0.2, 0) is 36.9 Å². The molecule has 3 aliphatic heterocycles. The van der Waals surface area contributed by atoms with Gasteiger partial charge in [0, 0.05) is 0 Å². The molecule has 10 atom stereocenters. The highest BCUT2D eigenvalue weighted by Crippen LogP contribution is 2.53. The zero-order valence-electron chi connectivity index (χ0n) is 22.0. The summed E-state index contributed by atoms with van der Waals surface area (Å²) in [6, 6.07) is 0. The summed E-state index contributed by atoms with van der Waals surface area (Å²) in [4.78, 5) is 45.5. The van der Waals surface area contributed by atoms with Gasteiger partial charge in [-0.05, 0) is 0 Å². The van der Waals surface area contributed by atoms with Crippen molar-refractivity contribution in [3.8, 4) is 0 Å². The lowest BCUT2D eigenvalue weighted by atomic mass is 10.1. The minimum atomic E-state index is -5.04. The lowest BCUT2D eigenvalue weighted by Crippen LogP contribution is -2.37. The zero-order chi connectivity index (χ0) is 31.0. The zero-order valence-corrected chi connectivity index (χ0v) is 23.8. The highest BCUT2D eigenvalue weighted by molar-refractivity contribution is 7.52. The number of anilines is 2. The third-order valence-corrected chi connectivity index (χ3v) is 9.18. The molecule has 3 saturated heterocycles. The van der Waals surface area contributed by atoms with E-state index in [9.17, 15) is 29.1 Å². The summed E-state index contributed by atoms with van der Waals surface area (Å²) in [6.07, 6.45) is -8.94. The second kappa shape index (κ2) is 10.7. The number of aliphatic hydroxyl groups excluding tert-OH is 2. The lowest BCUT2D eigenvalue weighted by molar-refractivity contribution is -0.168. The first kappa shape index (κ1) is 29.5. The summed E-state index contributed by atoms with van der Waals surface area (Å²) in [5.41, 5.74) is 12.3. The Morgan fingerprint density at radius 3 is 1.98 bits per heavy atom. The predicted octanol–water partition coefficient (Wildman–Crippen LogP) is -1.63. The van der Waals surface area contributed by atoms with Crippen LogP contribution in [0.15, 0.2) is 25.3 Å². The maximum Gasteiger partial charge on any atom is 0.472 e. The Morgan fingerprint density at radius 1 is 0.795 bits per heavy atom. The summed E-state index contributed by atoms with van der Waals surface area (Å²) in [5.74, 6) is 0.0613. The van der Waals surface area contributed by atoms with Crippen LogP contribution in [0.1, 0.15) is 12.5 Å². The maximum absolute atomic E-state index is 13.2. The summed E-state index contributed by atoms with van der Waals surface area (Å²) >= 11 is 0. The number of rotatable bonds is 2. The van der Waals surface area contributed by atoms with Crippen molar-refractivity contribution in [2.75, 3.05) is 24.4 Å². The number of imidazole rings is 2. The van der Waals surface area contributed by atoms with Crippen molar-refractivity contribution in [1.82, 2.24) is 39.0 Å². The van der Waals surface area contributed by atoms with Crippen molar-refractivity contribution in [1.29, 1.82) is 0 Å².